The first-order chi connectivity index (χ1) is 9.63. The number of rotatable bonds is 7. The van der Waals surface area contributed by atoms with Crippen molar-refractivity contribution in [3.8, 4) is 0 Å². The van der Waals surface area contributed by atoms with Crippen LogP contribution in [-0.4, -0.2) is 36.5 Å². The fourth-order valence-corrected chi connectivity index (χ4v) is 2.38. The molecule has 1 rings (SSSR count). The predicted octanol–water partition coefficient (Wildman–Crippen LogP) is 2.11. The van der Waals surface area contributed by atoms with Crippen molar-refractivity contribution in [2.24, 2.45) is 0 Å². The second kappa shape index (κ2) is 9.20. The second-order valence-corrected chi connectivity index (χ2v) is 5.20. The van der Waals surface area contributed by atoms with Gasteiger partial charge in [-0.15, -0.1) is 0 Å². The second-order valence-electron chi connectivity index (χ2n) is 4.13. The van der Waals surface area contributed by atoms with Crippen molar-refractivity contribution in [2.45, 2.75) is 13.0 Å². The van der Waals surface area contributed by atoms with Crippen molar-refractivity contribution in [2.75, 3.05) is 18.6 Å². The van der Waals surface area contributed by atoms with E-state index in [0.717, 1.165) is 11.3 Å². The van der Waals surface area contributed by atoms with Gasteiger partial charge in [0.1, 0.15) is 6.04 Å². The summed E-state index contributed by atoms with van der Waals surface area (Å²) >= 11 is 1.56. The van der Waals surface area contributed by atoms with E-state index in [9.17, 15) is 9.59 Å². The fraction of sp³-hybridized carbons (Fsp3) is 0.333. The average Bonchev–Trinajstić information content (AvgIpc) is 2.45. The minimum atomic E-state index is -0.590. The summed E-state index contributed by atoms with van der Waals surface area (Å²) in [6.45, 7) is 1.38. The summed E-state index contributed by atoms with van der Waals surface area (Å²) in [5.41, 5.74) is 1.14. The Bertz CT molecular complexity index is 459. The number of nitrogens with one attached hydrogen (secondary N) is 1. The monoisotopic (exact) mass is 293 g/mol. The Morgan fingerprint density at radius 2 is 2.05 bits per heavy atom. The number of carbonyl (C=O) groups excluding carboxylic acids is 2. The zero-order valence-electron chi connectivity index (χ0n) is 11.7. The third-order valence-electron chi connectivity index (χ3n) is 2.47. The number of amides is 1. The first-order valence-corrected chi connectivity index (χ1v) is 7.43. The molecule has 5 heteroatoms. The number of thioether (sulfide) groups is 1. The lowest BCUT2D eigenvalue weighted by atomic mass is 10.2. The lowest BCUT2D eigenvalue weighted by Crippen LogP contribution is -2.42. The van der Waals surface area contributed by atoms with Gasteiger partial charge in [0.15, 0.2) is 0 Å². The fourth-order valence-electron chi connectivity index (χ4n) is 1.56. The van der Waals surface area contributed by atoms with Gasteiger partial charge in [0, 0.05) is 18.4 Å². The van der Waals surface area contributed by atoms with Gasteiger partial charge in [0.2, 0.25) is 5.91 Å². The van der Waals surface area contributed by atoms with E-state index in [4.69, 9.17) is 0 Å². The molecular weight excluding hydrogens is 274 g/mol. The quantitative estimate of drug-likeness (QED) is 0.618. The largest absolute Gasteiger partial charge is 0.467 e. The Balaban J connectivity index is 2.35. The van der Waals surface area contributed by atoms with E-state index in [1.54, 1.807) is 11.8 Å². The summed E-state index contributed by atoms with van der Waals surface area (Å²) < 4.78 is 4.65. The number of carbonyl (C=O) groups is 2. The maximum Gasteiger partial charge on any atom is 0.329 e. The maximum atomic E-state index is 11.5. The summed E-state index contributed by atoms with van der Waals surface area (Å²) in [5.74, 6) is 0.605. The van der Waals surface area contributed by atoms with Crippen LogP contribution in [0.4, 0.5) is 0 Å². The van der Waals surface area contributed by atoms with E-state index in [1.807, 2.05) is 42.5 Å². The Labute approximate surface area is 123 Å². The Morgan fingerprint density at radius 3 is 2.65 bits per heavy atom. The van der Waals surface area contributed by atoms with Crippen LogP contribution in [0.1, 0.15) is 12.5 Å². The highest BCUT2D eigenvalue weighted by Crippen LogP contribution is 2.07. The number of hydrogen-bond donors (Lipinski definition) is 1. The summed E-state index contributed by atoms with van der Waals surface area (Å²) in [5, 5.41) is 2.58. The molecule has 0 aliphatic rings. The molecule has 1 atom stereocenters. The molecule has 4 nitrogen and oxygen atoms in total. The molecule has 108 valence electrons. The van der Waals surface area contributed by atoms with E-state index in [2.05, 4.69) is 10.1 Å². The van der Waals surface area contributed by atoms with Crippen LogP contribution in [-0.2, 0) is 14.3 Å². The molecule has 0 saturated heterocycles. The molecule has 0 aromatic heterocycles. The number of esters is 1. The molecule has 0 aliphatic carbocycles. The third kappa shape index (κ3) is 6.43. The highest BCUT2D eigenvalue weighted by atomic mass is 32.2. The summed E-state index contributed by atoms with van der Waals surface area (Å²) in [6.07, 6.45) is 4.06. The van der Waals surface area contributed by atoms with Gasteiger partial charge < -0.3 is 10.1 Å². The van der Waals surface area contributed by atoms with Gasteiger partial charge in [-0.05, 0) is 5.56 Å². The van der Waals surface area contributed by atoms with Crippen LogP contribution in [0.25, 0.3) is 6.08 Å². The predicted molar refractivity (Wildman–Crippen MR) is 82.4 cm³/mol. The third-order valence-corrected chi connectivity index (χ3v) is 3.47. The van der Waals surface area contributed by atoms with E-state index < -0.39 is 12.0 Å². The van der Waals surface area contributed by atoms with Crippen molar-refractivity contribution in [3.05, 3.63) is 42.0 Å². The van der Waals surface area contributed by atoms with Crippen molar-refractivity contribution in [1.82, 2.24) is 5.32 Å². The van der Waals surface area contributed by atoms with Crippen molar-refractivity contribution in [1.29, 1.82) is 0 Å². The zero-order valence-corrected chi connectivity index (χ0v) is 12.5. The van der Waals surface area contributed by atoms with Crippen LogP contribution in [0.3, 0.4) is 0 Å². The van der Waals surface area contributed by atoms with E-state index in [1.165, 1.54) is 14.0 Å². The smallest absolute Gasteiger partial charge is 0.329 e. The highest BCUT2D eigenvalue weighted by Gasteiger charge is 2.19. The molecule has 0 spiro atoms. The minimum Gasteiger partial charge on any atom is -0.467 e. The van der Waals surface area contributed by atoms with Crippen molar-refractivity contribution in [3.63, 3.8) is 0 Å². The maximum absolute atomic E-state index is 11.5. The Morgan fingerprint density at radius 1 is 1.35 bits per heavy atom. The molecule has 1 amide bonds. The molecule has 1 aromatic rings. The molecule has 1 N–H and O–H groups in total. The number of benzene rings is 1. The van der Waals surface area contributed by atoms with Crippen LogP contribution < -0.4 is 5.32 Å². The van der Waals surface area contributed by atoms with Gasteiger partial charge in [-0.25, -0.2) is 4.79 Å². The first-order valence-electron chi connectivity index (χ1n) is 6.27. The topological polar surface area (TPSA) is 55.4 Å². The van der Waals surface area contributed by atoms with Crippen LogP contribution in [0.5, 0.6) is 0 Å². The van der Waals surface area contributed by atoms with Crippen LogP contribution in [0.15, 0.2) is 36.4 Å². The van der Waals surface area contributed by atoms with Crippen molar-refractivity contribution < 1.29 is 14.3 Å². The zero-order chi connectivity index (χ0) is 14.8. The molecule has 0 heterocycles. The normalized spacial score (nSPS) is 12.1. The molecule has 0 unspecified atom stereocenters. The van der Waals surface area contributed by atoms with Gasteiger partial charge in [-0.3, -0.25) is 4.79 Å². The van der Waals surface area contributed by atoms with Gasteiger partial charge in [-0.2, -0.15) is 11.8 Å². The Kier molecular flexibility index (Phi) is 7.50. The summed E-state index contributed by atoms with van der Waals surface area (Å²) in [4.78, 5) is 22.5. The minimum absolute atomic E-state index is 0.235. The van der Waals surface area contributed by atoms with E-state index >= 15 is 0 Å². The molecule has 0 bridgehead atoms. The molecular formula is C15H19NO3S. The molecule has 0 aliphatic heterocycles. The standard InChI is InChI=1S/C15H19NO3S/c1-12(17)16-14(15(18)19-2)11-20-10-6-9-13-7-4-3-5-8-13/h3-9,14H,10-11H2,1-2H3,(H,16,17)/t14-/m0/s1. The lowest BCUT2D eigenvalue weighted by Gasteiger charge is -2.14. The van der Waals surface area contributed by atoms with Gasteiger partial charge >= 0.3 is 5.97 Å². The number of methoxy groups -OCH3 is 1. The molecule has 20 heavy (non-hydrogen) atoms. The number of ether oxygens (including phenoxy) is 1. The van der Waals surface area contributed by atoms with Gasteiger partial charge in [-0.1, -0.05) is 42.5 Å². The van der Waals surface area contributed by atoms with E-state index in [-0.39, 0.29) is 5.91 Å². The molecule has 0 saturated carbocycles. The summed E-state index contributed by atoms with van der Waals surface area (Å²) in [7, 11) is 1.32. The first kappa shape index (κ1) is 16.3. The molecule has 0 fully saturated rings. The van der Waals surface area contributed by atoms with Crippen LogP contribution in [0, 0.1) is 0 Å². The molecule has 1 aromatic carbocycles. The highest BCUT2D eigenvalue weighted by molar-refractivity contribution is 7.99. The van der Waals surface area contributed by atoms with E-state index in [0.29, 0.717) is 5.75 Å². The SMILES string of the molecule is COC(=O)[C@H](CSCC=Cc1ccccc1)NC(C)=O. The van der Waals surface area contributed by atoms with Gasteiger partial charge in [0.25, 0.3) is 0 Å². The Hall–Kier alpha value is -1.75. The average molecular weight is 293 g/mol. The molecule has 0 radical (unpaired) electrons. The van der Waals surface area contributed by atoms with Crippen LogP contribution in [0.2, 0.25) is 0 Å². The lowest BCUT2D eigenvalue weighted by molar-refractivity contribution is -0.144. The number of hydrogen-bond acceptors (Lipinski definition) is 4. The summed E-state index contributed by atoms with van der Waals surface area (Å²) in [6, 6.07) is 9.40. The van der Waals surface area contributed by atoms with Crippen LogP contribution >= 0.6 is 11.8 Å². The van der Waals surface area contributed by atoms with Crippen molar-refractivity contribution >= 4 is 29.7 Å². The van der Waals surface area contributed by atoms with Gasteiger partial charge in [0.05, 0.1) is 7.11 Å².